The van der Waals surface area contributed by atoms with E-state index in [0.717, 1.165) is 45.6 Å². The van der Waals surface area contributed by atoms with Crippen molar-refractivity contribution in [1.82, 2.24) is 4.90 Å². The lowest BCUT2D eigenvalue weighted by molar-refractivity contribution is 0.0510. The summed E-state index contributed by atoms with van der Waals surface area (Å²) in [6.07, 6.45) is 3.84. The molecule has 0 radical (unpaired) electrons. The quantitative estimate of drug-likeness (QED) is 0.904. The number of benzene rings is 1. The van der Waals surface area contributed by atoms with Crippen LogP contribution in [0.3, 0.4) is 0 Å². The van der Waals surface area contributed by atoms with Gasteiger partial charge in [0.1, 0.15) is 0 Å². The Balaban J connectivity index is 1.72. The van der Waals surface area contributed by atoms with Crippen molar-refractivity contribution in [2.24, 2.45) is 0 Å². The number of anilines is 1. The van der Waals surface area contributed by atoms with E-state index in [1.165, 1.54) is 23.2 Å². The number of para-hydroxylation sites is 1. The van der Waals surface area contributed by atoms with E-state index < -0.39 is 0 Å². The van der Waals surface area contributed by atoms with Crippen LogP contribution in [0.15, 0.2) is 18.2 Å². The predicted molar refractivity (Wildman–Crippen MR) is 78.6 cm³/mol. The zero-order valence-corrected chi connectivity index (χ0v) is 11.8. The van der Waals surface area contributed by atoms with Gasteiger partial charge in [0, 0.05) is 38.5 Å². The molecular formula is C16H24N2O. The third-order valence-electron chi connectivity index (χ3n) is 4.22. The van der Waals surface area contributed by atoms with E-state index in [2.05, 4.69) is 35.3 Å². The molecule has 2 aliphatic rings. The Labute approximate surface area is 115 Å². The molecule has 1 saturated heterocycles. The number of rotatable bonds is 3. The molecule has 0 aromatic heterocycles. The molecule has 0 spiro atoms. The summed E-state index contributed by atoms with van der Waals surface area (Å²) in [5, 5.41) is 3.54. The minimum Gasteiger partial charge on any atom is -0.384 e. The zero-order valence-electron chi connectivity index (χ0n) is 11.8. The van der Waals surface area contributed by atoms with Crippen molar-refractivity contribution >= 4 is 5.69 Å². The number of fused-ring (bicyclic) bond motifs is 1. The lowest BCUT2D eigenvalue weighted by Gasteiger charge is -2.24. The molecule has 3 nitrogen and oxygen atoms in total. The van der Waals surface area contributed by atoms with E-state index in [4.69, 9.17) is 4.74 Å². The van der Waals surface area contributed by atoms with Crippen molar-refractivity contribution in [3.8, 4) is 0 Å². The fraction of sp³-hybridized carbons (Fsp3) is 0.625. The van der Waals surface area contributed by atoms with E-state index >= 15 is 0 Å². The first kappa shape index (κ1) is 12.9. The molecule has 1 atom stereocenters. The normalized spacial score (nSPS) is 23.7. The lowest BCUT2D eigenvalue weighted by Crippen LogP contribution is -2.31. The Kier molecular flexibility index (Phi) is 4.04. The molecule has 0 aliphatic carbocycles. The van der Waals surface area contributed by atoms with Crippen LogP contribution in [0.1, 0.15) is 30.9 Å². The van der Waals surface area contributed by atoms with Gasteiger partial charge in [-0.15, -0.1) is 0 Å². The lowest BCUT2D eigenvalue weighted by atomic mass is 10.1. The van der Waals surface area contributed by atoms with Crippen LogP contribution >= 0.6 is 0 Å². The van der Waals surface area contributed by atoms with Gasteiger partial charge in [-0.3, -0.25) is 4.90 Å². The molecule has 19 heavy (non-hydrogen) atoms. The van der Waals surface area contributed by atoms with Gasteiger partial charge in [-0.05, 0) is 30.4 Å². The molecule has 2 aliphatic heterocycles. The largest absolute Gasteiger partial charge is 0.384 e. The molecule has 104 valence electrons. The van der Waals surface area contributed by atoms with E-state index in [9.17, 15) is 0 Å². The topological polar surface area (TPSA) is 24.5 Å². The van der Waals surface area contributed by atoms with Crippen LogP contribution in [0.5, 0.6) is 0 Å². The van der Waals surface area contributed by atoms with Crippen LogP contribution in [-0.4, -0.2) is 37.2 Å². The number of ether oxygens (including phenoxy) is 1. The predicted octanol–water partition coefficient (Wildman–Crippen LogP) is 2.66. The van der Waals surface area contributed by atoms with Crippen molar-refractivity contribution in [1.29, 1.82) is 0 Å². The van der Waals surface area contributed by atoms with Crippen molar-refractivity contribution in [2.45, 2.75) is 38.8 Å². The molecule has 1 aromatic rings. The second kappa shape index (κ2) is 5.93. The van der Waals surface area contributed by atoms with Gasteiger partial charge in [0.25, 0.3) is 0 Å². The maximum absolute atomic E-state index is 5.86. The maximum atomic E-state index is 5.86. The fourth-order valence-corrected chi connectivity index (χ4v) is 3.14. The van der Waals surface area contributed by atoms with Gasteiger partial charge in [0.05, 0.1) is 6.10 Å². The van der Waals surface area contributed by atoms with Gasteiger partial charge in [-0.1, -0.05) is 25.1 Å². The van der Waals surface area contributed by atoms with Crippen LogP contribution in [0.25, 0.3) is 0 Å². The summed E-state index contributed by atoms with van der Waals surface area (Å²) < 4.78 is 5.86. The summed E-state index contributed by atoms with van der Waals surface area (Å²) in [5.74, 6) is 0. The van der Waals surface area contributed by atoms with Gasteiger partial charge in [-0.2, -0.15) is 0 Å². The van der Waals surface area contributed by atoms with Gasteiger partial charge in [-0.25, -0.2) is 0 Å². The molecule has 1 N–H and O–H groups in total. The summed E-state index contributed by atoms with van der Waals surface area (Å²) in [7, 11) is 0. The highest BCUT2D eigenvalue weighted by Crippen LogP contribution is 2.27. The smallest absolute Gasteiger partial charge is 0.0699 e. The van der Waals surface area contributed by atoms with Crippen LogP contribution in [0.4, 0.5) is 5.69 Å². The maximum Gasteiger partial charge on any atom is 0.0699 e. The molecule has 3 rings (SSSR count). The highest BCUT2D eigenvalue weighted by molar-refractivity contribution is 5.61. The fourth-order valence-electron chi connectivity index (χ4n) is 3.14. The third kappa shape index (κ3) is 2.93. The molecule has 3 heteroatoms. The van der Waals surface area contributed by atoms with Gasteiger partial charge < -0.3 is 10.1 Å². The van der Waals surface area contributed by atoms with E-state index in [1.54, 1.807) is 0 Å². The Hall–Kier alpha value is -1.06. The summed E-state index contributed by atoms with van der Waals surface area (Å²) in [4.78, 5) is 2.55. The van der Waals surface area contributed by atoms with Crippen molar-refractivity contribution in [2.75, 3.05) is 31.6 Å². The first-order valence-corrected chi connectivity index (χ1v) is 7.55. The van der Waals surface area contributed by atoms with Gasteiger partial charge >= 0.3 is 0 Å². The van der Waals surface area contributed by atoms with E-state index in [-0.39, 0.29) is 0 Å². The van der Waals surface area contributed by atoms with Gasteiger partial charge in [0.15, 0.2) is 0 Å². The van der Waals surface area contributed by atoms with Crippen molar-refractivity contribution in [3.63, 3.8) is 0 Å². The number of hydrogen-bond acceptors (Lipinski definition) is 3. The zero-order chi connectivity index (χ0) is 13.1. The molecular weight excluding hydrogens is 236 g/mol. The Morgan fingerprint density at radius 3 is 3.26 bits per heavy atom. The summed E-state index contributed by atoms with van der Waals surface area (Å²) in [5.41, 5.74) is 4.32. The Bertz CT molecular complexity index is 433. The number of nitrogens with zero attached hydrogens (tertiary/aromatic N) is 1. The number of hydrogen-bond donors (Lipinski definition) is 1. The average Bonchev–Trinajstić information content (AvgIpc) is 2.80. The highest BCUT2D eigenvalue weighted by Gasteiger charge is 2.20. The summed E-state index contributed by atoms with van der Waals surface area (Å²) >= 11 is 0. The standard InChI is InChI=1S/C16H24N2O/c1-2-15-12-18(9-4-10-19-15)11-14-6-3-5-13-7-8-17-16(13)14/h3,5-6,15,17H,2,4,7-12H2,1H3. The Morgan fingerprint density at radius 1 is 1.42 bits per heavy atom. The third-order valence-corrected chi connectivity index (χ3v) is 4.22. The SMILES string of the molecule is CCC1CN(Cc2cccc3c2NCC3)CCCO1. The molecule has 1 aromatic carbocycles. The van der Waals surface area contributed by atoms with Crippen LogP contribution < -0.4 is 5.32 Å². The molecule has 1 fully saturated rings. The van der Waals surface area contributed by atoms with Gasteiger partial charge in [0.2, 0.25) is 0 Å². The van der Waals surface area contributed by atoms with Crippen LogP contribution in [-0.2, 0) is 17.7 Å². The minimum atomic E-state index is 0.409. The second-order valence-corrected chi connectivity index (χ2v) is 5.62. The summed E-state index contributed by atoms with van der Waals surface area (Å²) in [6, 6.07) is 6.72. The molecule has 0 amide bonds. The second-order valence-electron chi connectivity index (χ2n) is 5.62. The minimum absolute atomic E-state index is 0.409. The molecule has 2 heterocycles. The monoisotopic (exact) mass is 260 g/mol. The molecule has 1 unspecified atom stereocenters. The van der Waals surface area contributed by atoms with E-state index in [1.807, 2.05) is 0 Å². The molecule has 0 saturated carbocycles. The van der Waals surface area contributed by atoms with E-state index in [0.29, 0.717) is 6.10 Å². The molecule has 0 bridgehead atoms. The first-order chi connectivity index (χ1) is 9.36. The first-order valence-electron chi connectivity index (χ1n) is 7.55. The van der Waals surface area contributed by atoms with Crippen LogP contribution in [0, 0.1) is 0 Å². The highest BCUT2D eigenvalue weighted by atomic mass is 16.5. The number of nitrogens with one attached hydrogen (secondary N) is 1. The van der Waals surface area contributed by atoms with Crippen molar-refractivity contribution in [3.05, 3.63) is 29.3 Å². The Morgan fingerprint density at radius 2 is 2.37 bits per heavy atom. The average molecular weight is 260 g/mol. The summed E-state index contributed by atoms with van der Waals surface area (Å²) in [6.45, 7) is 7.50. The van der Waals surface area contributed by atoms with Crippen molar-refractivity contribution < 1.29 is 4.74 Å². The van der Waals surface area contributed by atoms with Crippen LogP contribution in [0.2, 0.25) is 0 Å².